The number of piperazine rings is 1. The van der Waals surface area contributed by atoms with Crippen molar-refractivity contribution in [3.63, 3.8) is 0 Å². The topological polar surface area (TPSA) is 62.9 Å². The van der Waals surface area contributed by atoms with Crippen molar-refractivity contribution < 1.29 is 9.59 Å². The Morgan fingerprint density at radius 2 is 1.50 bits per heavy atom. The van der Waals surface area contributed by atoms with Gasteiger partial charge in [0.2, 0.25) is 11.8 Å². The molecule has 0 aliphatic carbocycles. The summed E-state index contributed by atoms with van der Waals surface area (Å²) in [7, 11) is 0. The molecule has 0 radical (unpaired) electrons. The van der Waals surface area contributed by atoms with Crippen LogP contribution in [0.25, 0.3) is 21.5 Å². The number of aromatic nitrogens is 1. The molecule has 8 heteroatoms. The summed E-state index contributed by atoms with van der Waals surface area (Å²) >= 11 is 1.77. The fraction of sp³-hybridized carbons (Fsp3) is 0.611. The average Bonchev–Trinajstić information content (AvgIpc) is 3.83. The van der Waals surface area contributed by atoms with E-state index in [0.29, 0.717) is 30.4 Å². The third-order valence-electron chi connectivity index (χ3n) is 10.9. The van der Waals surface area contributed by atoms with Crippen LogP contribution in [0.15, 0.2) is 24.3 Å². The predicted molar refractivity (Wildman–Crippen MR) is 179 cm³/mol. The van der Waals surface area contributed by atoms with Crippen LogP contribution < -0.4 is 0 Å². The zero-order valence-corrected chi connectivity index (χ0v) is 27.9. The lowest BCUT2D eigenvalue weighted by Gasteiger charge is -2.35. The van der Waals surface area contributed by atoms with Crippen molar-refractivity contribution in [1.82, 2.24) is 24.6 Å². The molecule has 0 spiro atoms. The molecule has 4 aliphatic heterocycles. The van der Waals surface area contributed by atoms with E-state index in [1.807, 2.05) is 0 Å². The van der Waals surface area contributed by atoms with Gasteiger partial charge in [0.25, 0.3) is 0 Å². The van der Waals surface area contributed by atoms with Gasteiger partial charge in [0.1, 0.15) is 4.83 Å². The summed E-state index contributed by atoms with van der Waals surface area (Å²) in [6.07, 6.45) is 8.05. The van der Waals surface area contributed by atoms with Gasteiger partial charge in [0, 0.05) is 55.1 Å². The van der Waals surface area contributed by atoms with E-state index in [2.05, 4.69) is 76.5 Å². The van der Waals surface area contributed by atoms with Crippen molar-refractivity contribution in [3.8, 4) is 11.3 Å². The number of nitrogens with one attached hydrogen (secondary N) is 1. The first-order valence-electron chi connectivity index (χ1n) is 17.0. The molecule has 44 heavy (non-hydrogen) atoms. The number of nitrogens with zero attached hydrogens (tertiary/aromatic N) is 4. The van der Waals surface area contributed by atoms with E-state index >= 15 is 0 Å². The number of H-pyrrole nitrogens is 1. The lowest BCUT2D eigenvalue weighted by molar-refractivity contribution is -0.137. The smallest absolute Gasteiger partial charge is 0.236 e. The molecule has 0 atom stereocenters. The second kappa shape index (κ2) is 11.9. The molecule has 1 N–H and O–H groups in total. The fourth-order valence-electron chi connectivity index (χ4n) is 8.36. The third kappa shape index (κ3) is 5.62. The average molecular weight is 616 g/mol. The largest absolute Gasteiger partial charge is 0.346 e. The molecule has 2 amide bonds. The van der Waals surface area contributed by atoms with Gasteiger partial charge in [-0.1, -0.05) is 17.2 Å². The summed E-state index contributed by atoms with van der Waals surface area (Å²) in [6.45, 7) is 15.8. The van der Waals surface area contributed by atoms with Gasteiger partial charge < -0.3 is 14.8 Å². The van der Waals surface area contributed by atoms with Gasteiger partial charge in [0.05, 0.1) is 17.7 Å². The van der Waals surface area contributed by atoms with E-state index in [1.54, 1.807) is 11.3 Å². The number of aromatic amines is 1. The first-order chi connectivity index (χ1) is 21.2. The summed E-state index contributed by atoms with van der Waals surface area (Å²) in [5.41, 5.74) is 5.81. The molecule has 3 aromatic rings. The second-order valence-corrected chi connectivity index (χ2v) is 15.5. The highest BCUT2D eigenvalue weighted by Gasteiger charge is 2.47. The van der Waals surface area contributed by atoms with Crippen LogP contribution in [0, 0.1) is 13.8 Å². The van der Waals surface area contributed by atoms with Crippen molar-refractivity contribution in [2.24, 2.45) is 0 Å². The number of thiophene rings is 1. The van der Waals surface area contributed by atoms with Crippen LogP contribution in [0.2, 0.25) is 0 Å². The van der Waals surface area contributed by atoms with Gasteiger partial charge in [-0.3, -0.25) is 19.4 Å². The first kappa shape index (κ1) is 30.0. The summed E-state index contributed by atoms with van der Waals surface area (Å²) in [5.74, 6) is 0.598. The zero-order valence-electron chi connectivity index (χ0n) is 27.1. The molecule has 4 saturated heterocycles. The summed E-state index contributed by atoms with van der Waals surface area (Å²) in [5, 5.41) is 1.27. The minimum Gasteiger partial charge on any atom is -0.346 e. The number of carbonyl (C=O) groups excluding carboxylic acids is 2. The van der Waals surface area contributed by atoms with Crippen molar-refractivity contribution in [2.45, 2.75) is 90.1 Å². The third-order valence-corrected chi connectivity index (χ3v) is 12.3. The zero-order chi connectivity index (χ0) is 30.6. The molecule has 0 unspecified atom stereocenters. The quantitative estimate of drug-likeness (QED) is 0.352. The van der Waals surface area contributed by atoms with Gasteiger partial charge in [-0.05, 0) is 115 Å². The number of carbonyl (C=O) groups is 2. The van der Waals surface area contributed by atoms with Crippen LogP contribution in [-0.4, -0.2) is 101 Å². The Balaban J connectivity index is 1.11. The number of aryl methyl sites for hydroxylation is 2. The number of hydrogen-bond donors (Lipinski definition) is 1. The maximum atomic E-state index is 14.0. The van der Waals surface area contributed by atoms with E-state index < -0.39 is 5.41 Å². The van der Waals surface area contributed by atoms with Crippen molar-refractivity contribution in [3.05, 3.63) is 45.8 Å². The van der Waals surface area contributed by atoms with Crippen LogP contribution in [0.5, 0.6) is 0 Å². The molecule has 7 rings (SSSR count). The number of amides is 2. The summed E-state index contributed by atoms with van der Waals surface area (Å²) in [6, 6.07) is 10.0. The molecule has 2 aromatic heterocycles. The standard InChI is InChI=1S/C36H49N5O2S/c1-24-19-25(2)21-26(20-24)33-29(11-14-38-15-17-40(18-16-38)32(42)23-39-12-5-6-13-39)30-22-31(44-34(30)37-33)36(3,4)35(43)41-27-7-8-28(41)10-9-27/h19-22,27-28,37H,5-18,23H2,1-4H3. The number of fused-ring (bicyclic) bond motifs is 3. The van der Waals surface area contributed by atoms with E-state index in [0.717, 1.165) is 57.1 Å². The minimum absolute atomic E-state index is 0.292. The molecule has 0 saturated carbocycles. The Labute approximate surface area is 266 Å². The van der Waals surface area contributed by atoms with Crippen LogP contribution in [0.4, 0.5) is 0 Å². The van der Waals surface area contributed by atoms with Crippen molar-refractivity contribution in [1.29, 1.82) is 0 Å². The summed E-state index contributed by atoms with van der Waals surface area (Å²) in [4.78, 5) is 42.2. The van der Waals surface area contributed by atoms with Gasteiger partial charge >= 0.3 is 0 Å². The number of likely N-dealkylation sites (tertiary alicyclic amines) is 1. The summed E-state index contributed by atoms with van der Waals surface area (Å²) < 4.78 is 0. The molecular formula is C36H49N5O2S. The highest BCUT2D eigenvalue weighted by Crippen LogP contribution is 2.44. The van der Waals surface area contributed by atoms with E-state index in [4.69, 9.17) is 0 Å². The molecular weight excluding hydrogens is 566 g/mol. The molecule has 4 aliphatic rings. The Kier molecular flexibility index (Phi) is 8.13. The van der Waals surface area contributed by atoms with Crippen molar-refractivity contribution >= 4 is 33.4 Å². The second-order valence-electron chi connectivity index (χ2n) is 14.5. The van der Waals surface area contributed by atoms with Gasteiger partial charge in [-0.2, -0.15) is 0 Å². The molecule has 6 heterocycles. The van der Waals surface area contributed by atoms with Crippen LogP contribution >= 0.6 is 11.3 Å². The van der Waals surface area contributed by atoms with Crippen LogP contribution in [0.3, 0.4) is 0 Å². The lowest BCUT2D eigenvalue weighted by Crippen LogP contribution is -2.51. The van der Waals surface area contributed by atoms with Gasteiger partial charge in [-0.25, -0.2) is 0 Å². The maximum Gasteiger partial charge on any atom is 0.236 e. The normalized spacial score (nSPS) is 23.0. The highest BCUT2D eigenvalue weighted by molar-refractivity contribution is 7.19. The molecule has 236 valence electrons. The lowest BCUT2D eigenvalue weighted by atomic mass is 9.88. The number of rotatable bonds is 8. The SMILES string of the molecule is Cc1cc(C)cc(-c2[nH]c3sc(C(C)(C)C(=O)N4C5CCC4CC5)cc3c2CCN2CCN(C(=O)CN3CCCC3)CC2)c1. The Morgan fingerprint density at radius 1 is 0.864 bits per heavy atom. The van der Waals surface area contributed by atoms with E-state index in [-0.39, 0.29) is 0 Å². The van der Waals surface area contributed by atoms with Crippen LogP contribution in [0.1, 0.15) is 73.9 Å². The monoisotopic (exact) mass is 615 g/mol. The molecule has 4 fully saturated rings. The fourth-order valence-corrected chi connectivity index (χ4v) is 9.54. The molecule has 7 nitrogen and oxygen atoms in total. The number of benzene rings is 1. The first-order valence-corrected chi connectivity index (χ1v) is 17.8. The van der Waals surface area contributed by atoms with Gasteiger partial charge in [-0.15, -0.1) is 11.3 Å². The van der Waals surface area contributed by atoms with Gasteiger partial charge in [0.15, 0.2) is 0 Å². The Morgan fingerprint density at radius 3 is 2.14 bits per heavy atom. The van der Waals surface area contributed by atoms with Crippen molar-refractivity contribution in [2.75, 3.05) is 52.4 Å². The predicted octanol–water partition coefficient (Wildman–Crippen LogP) is 5.73. The number of hydrogen-bond acceptors (Lipinski definition) is 5. The van der Waals surface area contributed by atoms with Crippen LogP contribution in [-0.2, 0) is 21.4 Å². The Hall–Kier alpha value is -2.68. The van der Waals surface area contributed by atoms with E-state index in [9.17, 15) is 9.59 Å². The minimum atomic E-state index is -0.537. The highest BCUT2D eigenvalue weighted by atomic mass is 32.1. The Bertz CT molecular complexity index is 1500. The van der Waals surface area contributed by atoms with E-state index in [1.165, 1.54) is 76.7 Å². The molecule has 2 bridgehead atoms. The molecule has 1 aromatic carbocycles. The maximum absolute atomic E-state index is 14.0.